The number of hydrogen-bond acceptors (Lipinski definition) is 2. The zero-order valence-electron chi connectivity index (χ0n) is 5.97. The third kappa shape index (κ3) is 2.34. The average molecular weight is 285 g/mol. The van der Waals surface area contributed by atoms with E-state index < -0.39 is 6.43 Å². The van der Waals surface area contributed by atoms with E-state index in [1.807, 2.05) is 22.6 Å². The zero-order valence-corrected chi connectivity index (χ0v) is 8.12. The Morgan fingerprint density at radius 3 is 2.67 bits per heavy atom. The SMILES string of the molecule is OCc1cc(C(F)F)cc(I)n1. The van der Waals surface area contributed by atoms with Crippen LogP contribution in [0.3, 0.4) is 0 Å². The number of aliphatic hydroxyl groups excluding tert-OH is 1. The topological polar surface area (TPSA) is 33.1 Å². The first-order valence-electron chi connectivity index (χ1n) is 3.19. The lowest BCUT2D eigenvalue weighted by Crippen LogP contribution is -1.95. The van der Waals surface area contributed by atoms with E-state index in [0.717, 1.165) is 0 Å². The van der Waals surface area contributed by atoms with Crippen molar-refractivity contribution in [1.82, 2.24) is 4.98 Å². The van der Waals surface area contributed by atoms with Crippen LogP contribution in [0.5, 0.6) is 0 Å². The first-order chi connectivity index (χ1) is 5.63. The highest BCUT2D eigenvalue weighted by molar-refractivity contribution is 14.1. The number of hydrogen-bond donors (Lipinski definition) is 1. The van der Waals surface area contributed by atoms with Crippen molar-refractivity contribution in [2.45, 2.75) is 13.0 Å². The van der Waals surface area contributed by atoms with Crippen molar-refractivity contribution in [2.75, 3.05) is 0 Å². The molecule has 0 aliphatic heterocycles. The molecule has 0 aliphatic rings. The highest BCUT2D eigenvalue weighted by atomic mass is 127. The quantitative estimate of drug-likeness (QED) is 0.667. The first kappa shape index (κ1) is 9.79. The predicted octanol–water partition coefficient (Wildman–Crippen LogP) is 2.12. The first-order valence-corrected chi connectivity index (χ1v) is 4.26. The molecule has 0 saturated carbocycles. The van der Waals surface area contributed by atoms with Gasteiger partial charge in [-0.05, 0) is 34.7 Å². The Kier molecular flexibility index (Phi) is 3.33. The molecule has 0 fully saturated rings. The Hall–Kier alpha value is -0.300. The van der Waals surface area contributed by atoms with Crippen LogP contribution in [0, 0.1) is 3.70 Å². The van der Waals surface area contributed by atoms with Gasteiger partial charge in [0.05, 0.1) is 12.3 Å². The van der Waals surface area contributed by atoms with Gasteiger partial charge in [-0.25, -0.2) is 13.8 Å². The maximum Gasteiger partial charge on any atom is 0.264 e. The maximum atomic E-state index is 12.2. The Morgan fingerprint density at radius 1 is 1.50 bits per heavy atom. The van der Waals surface area contributed by atoms with Gasteiger partial charge in [0, 0.05) is 5.56 Å². The van der Waals surface area contributed by atoms with Crippen molar-refractivity contribution in [1.29, 1.82) is 0 Å². The van der Waals surface area contributed by atoms with Crippen molar-refractivity contribution in [3.8, 4) is 0 Å². The standard InChI is InChI=1S/C7H6F2INO/c8-7(9)4-1-5(3-12)11-6(10)2-4/h1-2,7,12H,3H2. The fraction of sp³-hybridized carbons (Fsp3) is 0.286. The predicted molar refractivity (Wildman–Crippen MR) is 47.8 cm³/mol. The van der Waals surface area contributed by atoms with Gasteiger partial charge in [0.1, 0.15) is 3.70 Å². The molecule has 0 aliphatic carbocycles. The third-order valence-electron chi connectivity index (χ3n) is 1.28. The molecule has 5 heteroatoms. The van der Waals surface area contributed by atoms with Crippen LogP contribution in [-0.4, -0.2) is 10.1 Å². The fourth-order valence-electron chi connectivity index (χ4n) is 0.780. The summed E-state index contributed by atoms with van der Waals surface area (Å²) in [7, 11) is 0. The number of nitrogens with zero attached hydrogens (tertiary/aromatic N) is 1. The lowest BCUT2D eigenvalue weighted by Gasteiger charge is -2.02. The summed E-state index contributed by atoms with van der Waals surface area (Å²) in [5, 5.41) is 8.66. The molecule has 1 N–H and O–H groups in total. The lowest BCUT2D eigenvalue weighted by atomic mass is 10.2. The molecular formula is C7H6F2INO. The van der Waals surface area contributed by atoms with Gasteiger partial charge in [0.15, 0.2) is 0 Å². The van der Waals surface area contributed by atoms with Crippen LogP contribution in [-0.2, 0) is 6.61 Å². The average Bonchev–Trinajstić information content (AvgIpc) is 2.03. The second kappa shape index (κ2) is 4.08. The fourth-order valence-corrected chi connectivity index (χ4v) is 1.45. The van der Waals surface area contributed by atoms with Crippen LogP contribution in [0.2, 0.25) is 0 Å². The molecule has 1 heterocycles. The Balaban J connectivity index is 3.06. The lowest BCUT2D eigenvalue weighted by molar-refractivity contribution is 0.150. The molecule has 2 nitrogen and oxygen atoms in total. The van der Waals surface area contributed by atoms with Crippen molar-refractivity contribution < 1.29 is 13.9 Å². The minimum absolute atomic E-state index is 0.0987. The molecule has 1 rings (SSSR count). The van der Waals surface area contributed by atoms with Crippen LogP contribution in [0.15, 0.2) is 12.1 Å². The van der Waals surface area contributed by atoms with Crippen molar-refractivity contribution in [3.05, 3.63) is 27.1 Å². The van der Waals surface area contributed by atoms with Gasteiger partial charge in [0.2, 0.25) is 0 Å². The molecule has 0 unspecified atom stereocenters. The highest BCUT2D eigenvalue weighted by Gasteiger charge is 2.09. The smallest absolute Gasteiger partial charge is 0.264 e. The molecule has 0 spiro atoms. The van der Waals surface area contributed by atoms with Crippen LogP contribution < -0.4 is 0 Å². The Labute approximate surface area is 81.8 Å². The molecule has 1 aromatic heterocycles. The molecule has 12 heavy (non-hydrogen) atoms. The minimum Gasteiger partial charge on any atom is -0.390 e. The molecule has 0 saturated heterocycles. The van der Waals surface area contributed by atoms with Crippen LogP contribution in [0.25, 0.3) is 0 Å². The number of alkyl halides is 2. The number of aromatic nitrogens is 1. The molecule has 66 valence electrons. The number of aliphatic hydroxyl groups is 1. The van der Waals surface area contributed by atoms with Gasteiger partial charge < -0.3 is 5.11 Å². The summed E-state index contributed by atoms with van der Waals surface area (Å²) in [6.45, 7) is -0.309. The van der Waals surface area contributed by atoms with E-state index in [1.165, 1.54) is 12.1 Å². The van der Waals surface area contributed by atoms with E-state index in [2.05, 4.69) is 4.98 Å². The summed E-state index contributed by atoms with van der Waals surface area (Å²) in [5.74, 6) is 0. The monoisotopic (exact) mass is 285 g/mol. The Bertz CT molecular complexity index is 280. The van der Waals surface area contributed by atoms with Crippen molar-refractivity contribution in [3.63, 3.8) is 0 Å². The van der Waals surface area contributed by atoms with Gasteiger partial charge in [-0.3, -0.25) is 0 Å². The van der Waals surface area contributed by atoms with Gasteiger partial charge in [-0.15, -0.1) is 0 Å². The maximum absolute atomic E-state index is 12.2. The summed E-state index contributed by atoms with van der Waals surface area (Å²) in [6.07, 6.45) is -2.51. The van der Waals surface area contributed by atoms with E-state index in [1.54, 1.807) is 0 Å². The number of halogens is 3. The second-order valence-corrected chi connectivity index (χ2v) is 3.28. The summed E-state index contributed by atoms with van der Waals surface area (Å²) >= 11 is 1.83. The Morgan fingerprint density at radius 2 is 2.17 bits per heavy atom. The summed E-state index contributed by atoms with van der Waals surface area (Å²) in [5.41, 5.74) is 0.177. The molecule has 0 aromatic carbocycles. The van der Waals surface area contributed by atoms with Crippen molar-refractivity contribution >= 4 is 22.6 Å². The number of pyridine rings is 1. The molecule has 0 atom stereocenters. The largest absolute Gasteiger partial charge is 0.390 e. The van der Waals surface area contributed by atoms with E-state index in [0.29, 0.717) is 3.70 Å². The van der Waals surface area contributed by atoms with Gasteiger partial charge >= 0.3 is 0 Å². The van der Waals surface area contributed by atoms with Crippen LogP contribution >= 0.6 is 22.6 Å². The summed E-state index contributed by atoms with van der Waals surface area (Å²) < 4.78 is 24.8. The van der Waals surface area contributed by atoms with Crippen LogP contribution in [0.4, 0.5) is 8.78 Å². The summed E-state index contributed by atoms with van der Waals surface area (Å²) in [4.78, 5) is 3.84. The highest BCUT2D eigenvalue weighted by Crippen LogP contribution is 2.20. The molecule has 0 radical (unpaired) electrons. The third-order valence-corrected chi connectivity index (χ3v) is 1.84. The van der Waals surface area contributed by atoms with E-state index in [-0.39, 0.29) is 17.9 Å². The second-order valence-electron chi connectivity index (χ2n) is 2.17. The molecule has 1 aromatic rings. The zero-order chi connectivity index (χ0) is 9.14. The van der Waals surface area contributed by atoms with Gasteiger partial charge in [0.25, 0.3) is 6.43 Å². The van der Waals surface area contributed by atoms with E-state index >= 15 is 0 Å². The van der Waals surface area contributed by atoms with Gasteiger partial charge in [-0.2, -0.15) is 0 Å². The normalized spacial score (nSPS) is 10.8. The number of rotatable bonds is 2. The van der Waals surface area contributed by atoms with Crippen LogP contribution in [0.1, 0.15) is 17.7 Å². The summed E-state index contributed by atoms with van der Waals surface area (Å²) in [6, 6.07) is 2.50. The minimum atomic E-state index is -2.51. The van der Waals surface area contributed by atoms with E-state index in [9.17, 15) is 8.78 Å². The molecular weight excluding hydrogens is 279 g/mol. The van der Waals surface area contributed by atoms with Crippen molar-refractivity contribution in [2.24, 2.45) is 0 Å². The molecule has 0 bridgehead atoms. The molecule has 0 amide bonds. The van der Waals surface area contributed by atoms with E-state index in [4.69, 9.17) is 5.11 Å². The van der Waals surface area contributed by atoms with Gasteiger partial charge in [-0.1, -0.05) is 0 Å².